The first kappa shape index (κ1) is 20.1. The zero-order chi connectivity index (χ0) is 19.9. The SMILES string of the molecule is COc1ccccc1Nc1nc(N)nc(CSc2nnc(NCC(C)C)s2)n1. The molecule has 4 N–H and O–H groups in total. The molecule has 0 aliphatic carbocycles. The fourth-order valence-electron chi connectivity index (χ4n) is 2.18. The molecule has 1 aromatic carbocycles. The van der Waals surface area contributed by atoms with Crippen LogP contribution >= 0.6 is 23.1 Å². The van der Waals surface area contributed by atoms with Gasteiger partial charge in [0.2, 0.25) is 17.0 Å². The Bertz CT molecular complexity index is 918. The van der Waals surface area contributed by atoms with Crippen LogP contribution in [0.2, 0.25) is 0 Å². The smallest absolute Gasteiger partial charge is 0.232 e. The molecule has 0 fully saturated rings. The van der Waals surface area contributed by atoms with Crippen molar-refractivity contribution in [1.82, 2.24) is 25.1 Å². The maximum atomic E-state index is 5.85. The molecule has 0 saturated carbocycles. The Morgan fingerprint density at radius 3 is 2.79 bits per heavy atom. The number of anilines is 4. The van der Waals surface area contributed by atoms with Gasteiger partial charge >= 0.3 is 0 Å². The van der Waals surface area contributed by atoms with Crippen molar-refractivity contribution in [3.63, 3.8) is 0 Å². The number of benzene rings is 1. The lowest BCUT2D eigenvalue weighted by Gasteiger charge is -2.10. The molecule has 0 aliphatic heterocycles. The van der Waals surface area contributed by atoms with Crippen LogP contribution in [0.1, 0.15) is 19.7 Å². The van der Waals surface area contributed by atoms with Gasteiger partial charge in [0, 0.05) is 6.54 Å². The third-order valence-electron chi connectivity index (χ3n) is 3.45. The van der Waals surface area contributed by atoms with Crippen molar-refractivity contribution >= 4 is 45.8 Å². The van der Waals surface area contributed by atoms with E-state index < -0.39 is 0 Å². The van der Waals surface area contributed by atoms with Gasteiger partial charge in [-0.1, -0.05) is 49.1 Å². The number of nitrogens with two attached hydrogens (primary N) is 1. The van der Waals surface area contributed by atoms with E-state index in [4.69, 9.17) is 10.5 Å². The highest BCUT2D eigenvalue weighted by Crippen LogP contribution is 2.29. The molecule has 2 heterocycles. The first-order valence-corrected chi connectivity index (χ1v) is 10.4. The summed E-state index contributed by atoms with van der Waals surface area (Å²) in [4.78, 5) is 12.8. The van der Waals surface area contributed by atoms with E-state index in [-0.39, 0.29) is 5.95 Å². The molecule has 0 saturated heterocycles. The number of nitrogen functional groups attached to an aromatic ring is 1. The molecule has 0 radical (unpaired) electrons. The van der Waals surface area contributed by atoms with Crippen molar-refractivity contribution in [2.45, 2.75) is 23.9 Å². The monoisotopic (exact) mass is 418 g/mol. The molecule has 3 rings (SSSR count). The topological polar surface area (TPSA) is 124 Å². The van der Waals surface area contributed by atoms with Crippen LogP contribution < -0.4 is 21.1 Å². The minimum Gasteiger partial charge on any atom is -0.495 e. The fourth-order valence-corrected chi connectivity index (χ4v) is 3.80. The minimum absolute atomic E-state index is 0.152. The first-order valence-electron chi connectivity index (χ1n) is 8.64. The van der Waals surface area contributed by atoms with E-state index in [1.807, 2.05) is 24.3 Å². The number of hydrogen-bond acceptors (Lipinski definition) is 11. The number of methoxy groups -OCH3 is 1. The third kappa shape index (κ3) is 5.67. The van der Waals surface area contributed by atoms with Gasteiger partial charge in [0.15, 0.2) is 4.34 Å². The van der Waals surface area contributed by atoms with Crippen LogP contribution in [0.4, 0.5) is 22.7 Å². The van der Waals surface area contributed by atoms with Gasteiger partial charge in [-0.2, -0.15) is 15.0 Å². The summed E-state index contributed by atoms with van der Waals surface area (Å²) in [7, 11) is 1.61. The summed E-state index contributed by atoms with van der Waals surface area (Å²) in [5.41, 5.74) is 6.60. The predicted molar refractivity (Wildman–Crippen MR) is 113 cm³/mol. The fraction of sp³-hybridized carbons (Fsp3) is 0.353. The molecule has 0 amide bonds. The Balaban J connectivity index is 1.65. The number of thioether (sulfide) groups is 1. The number of nitrogens with zero attached hydrogens (tertiary/aromatic N) is 5. The second kappa shape index (κ2) is 9.51. The number of rotatable bonds is 9. The highest BCUT2D eigenvalue weighted by Gasteiger charge is 2.10. The van der Waals surface area contributed by atoms with Crippen molar-refractivity contribution in [2.75, 3.05) is 30.0 Å². The maximum absolute atomic E-state index is 5.85. The number of aromatic nitrogens is 5. The van der Waals surface area contributed by atoms with Gasteiger partial charge in [0.1, 0.15) is 11.6 Å². The largest absolute Gasteiger partial charge is 0.495 e. The quantitative estimate of drug-likeness (QED) is 0.445. The van der Waals surface area contributed by atoms with Gasteiger partial charge < -0.3 is 21.1 Å². The van der Waals surface area contributed by atoms with E-state index in [0.717, 1.165) is 21.7 Å². The molecule has 0 bridgehead atoms. The second-order valence-electron chi connectivity index (χ2n) is 6.20. The summed E-state index contributed by atoms with van der Waals surface area (Å²) >= 11 is 3.01. The van der Waals surface area contributed by atoms with E-state index in [9.17, 15) is 0 Å². The number of para-hydroxylation sites is 2. The highest BCUT2D eigenvalue weighted by atomic mass is 32.2. The van der Waals surface area contributed by atoms with E-state index >= 15 is 0 Å². The van der Waals surface area contributed by atoms with Crippen molar-refractivity contribution < 1.29 is 4.74 Å². The Kier molecular flexibility index (Phi) is 6.82. The first-order chi connectivity index (χ1) is 13.5. The van der Waals surface area contributed by atoms with Crippen molar-refractivity contribution in [2.24, 2.45) is 5.92 Å². The van der Waals surface area contributed by atoms with E-state index in [1.165, 1.54) is 23.1 Å². The number of nitrogens with one attached hydrogen (secondary N) is 2. The third-order valence-corrected chi connectivity index (χ3v) is 5.46. The molecule has 0 atom stereocenters. The summed E-state index contributed by atoms with van der Waals surface area (Å²) < 4.78 is 6.17. The maximum Gasteiger partial charge on any atom is 0.232 e. The Labute approximate surface area is 171 Å². The number of ether oxygens (including phenoxy) is 1. The molecule has 0 unspecified atom stereocenters. The summed E-state index contributed by atoms with van der Waals surface area (Å²) in [6, 6.07) is 7.51. The van der Waals surface area contributed by atoms with Crippen LogP contribution in [-0.4, -0.2) is 38.8 Å². The van der Waals surface area contributed by atoms with Gasteiger partial charge in [-0.25, -0.2) is 0 Å². The van der Waals surface area contributed by atoms with Gasteiger partial charge in [0.25, 0.3) is 0 Å². The normalized spacial score (nSPS) is 10.9. The predicted octanol–water partition coefficient (Wildman–Crippen LogP) is 3.42. The molecule has 9 nitrogen and oxygen atoms in total. The van der Waals surface area contributed by atoms with Crippen molar-refractivity contribution in [3.05, 3.63) is 30.1 Å². The van der Waals surface area contributed by atoms with Crippen molar-refractivity contribution in [3.8, 4) is 5.75 Å². The highest BCUT2D eigenvalue weighted by molar-refractivity contribution is 8.00. The molecule has 0 spiro atoms. The number of hydrogen-bond donors (Lipinski definition) is 3. The molecule has 11 heteroatoms. The Morgan fingerprint density at radius 1 is 1.18 bits per heavy atom. The Morgan fingerprint density at radius 2 is 2.00 bits per heavy atom. The zero-order valence-electron chi connectivity index (χ0n) is 15.8. The lowest BCUT2D eigenvalue weighted by atomic mass is 10.2. The van der Waals surface area contributed by atoms with Crippen LogP contribution in [0.15, 0.2) is 28.6 Å². The summed E-state index contributed by atoms with van der Waals surface area (Å²) in [5, 5.41) is 15.5. The average Bonchev–Trinajstić information content (AvgIpc) is 3.13. The Hall–Kier alpha value is -2.66. The van der Waals surface area contributed by atoms with Gasteiger partial charge in [-0.05, 0) is 18.1 Å². The lowest BCUT2D eigenvalue weighted by Crippen LogP contribution is -2.07. The molecule has 28 heavy (non-hydrogen) atoms. The summed E-state index contributed by atoms with van der Waals surface area (Å²) in [6.07, 6.45) is 0. The molecule has 148 valence electrons. The van der Waals surface area contributed by atoms with Gasteiger partial charge in [0.05, 0.1) is 18.6 Å². The molecular formula is C17H22N8OS2. The van der Waals surface area contributed by atoms with Crippen LogP contribution in [0.25, 0.3) is 0 Å². The van der Waals surface area contributed by atoms with Crippen LogP contribution in [0, 0.1) is 5.92 Å². The van der Waals surface area contributed by atoms with E-state index in [2.05, 4.69) is 49.6 Å². The van der Waals surface area contributed by atoms with Crippen LogP contribution in [-0.2, 0) is 5.75 Å². The van der Waals surface area contributed by atoms with Crippen LogP contribution in [0.3, 0.4) is 0 Å². The molecular weight excluding hydrogens is 396 g/mol. The van der Waals surface area contributed by atoms with Gasteiger partial charge in [-0.15, -0.1) is 10.2 Å². The van der Waals surface area contributed by atoms with Gasteiger partial charge in [-0.3, -0.25) is 0 Å². The lowest BCUT2D eigenvalue weighted by molar-refractivity contribution is 0.417. The summed E-state index contributed by atoms with van der Waals surface area (Å²) in [5.74, 6) is 2.81. The summed E-state index contributed by atoms with van der Waals surface area (Å²) in [6.45, 7) is 5.15. The van der Waals surface area contributed by atoms with E-state index in [0.29, 0.717) is 29.2 Å². The van der Waals surface area contributed by atoms with Crippen LogP contribution in [0.5, 0.6) is 5.75 Å². The molecule has 3 aromatic rings. The zero-order valence-corrected chi connectivity index (χ0v) is 17.5. The van der Waals surface area contributed by atoms with E-state index in [1.54, 1.807) is 7.11 Å². The average molecular weight is 419 g/mol. The second-order valence-corrected chi connectivity index (χ2v) is 8.40. The van der Waals surface area contributed by atoms with Crippen molar-refractivity contribution in [1.29, 1.82) is 0 Å². The standard InChI is InChI=1S/C17H22N8OS2/c1-10(2)8-19-16-24-25-17(28-16)27-9-13-21-14(18)23-15(22-13)20-11-6-4-5-7-12(11)26-3/h4-7,10H,8-9H2,1-3H3,(H,19,24)(H3,18,20,21,22,23). The molecule has 0 aliphatic rings. The molecule has 2 aromatic heterocycles. The minimum atomic E-state index is 0.152.